The second-order valence-electron chi connectivity index (χ2n) is 3.84. The Morgan fingerprint density at radius 3 is 2.47 bits per heavy atom. The first-order valence-corrected chi connectivity index (χ1v) is 5.10. The van der Waals surface area contributed by atoms with E-state index in [9.17, 15) is 9.90 Å². The lowest BCUT2D eigenvalue weighted by Crippen LogP contribution is -2.40. The van der Waals surface area contributed by atoms with Crippen molar-refractivity contribution in [3.05, 3.63) is 0 Å². The molecule has 0 rings (SSSR count). The largest absolute Gasteiger partial charge is 0.481 e. The van der Waals surface area contributed by atoms with Crippen molar-refractivity contribution in [3.8, 4) is 0 Å². The Balaban J connectivity index is 3.98. The van der Waals surface area contributed by atoms with Crippen LogP contribution >= 0.6 is 0 Å². The summed E-state index contributed by atoms with van der Waals surface area (Å²) in [4.78, 5) is 12.4. The lowest BCUT2D eigenvalue weighted by atomic mass is 10.2. The summed E-state index contributed by atoms with van der Waals surface area (Å²) in [6, 6.07) is 0.218. The Morgan fingerprint density at radius 2 is 2.07 bits per heavy atom. The van der Waals surface area contributed by atoms with Gasteiger partial charge in [-0.15, -0.1) is 0 Å². The van der Waals surface area contributed by atoms with E-state index in [-0.39, 0.29) is 19.1 Å². The number of aliphatic carboxylic acids is 1. The topological polar surface area (TPSA) is 70.0 Å². The summed E-state index contributed by atoms with van der Waals surface area (Å²) in [5, 5.41) is 18.1. The van der Waals surface area contributed by atoms with Gasteiger partial charge in [-0.25, -0.2) is 0 Å². The summed E-state index contributed by atoms with van der Waals surface area (Å²) in [6.07, 6.45) is -0.469. The second kappa shape index (κ2) is 7.62. The van der Waals surface area contributed by atoms with Gasteiger partial charge < -0.3 is 14.9 Å². The first-order chi connectivity index (χ1) is 6.97. The normalized spacial score (nSPS) is 13.5. The Labute approximate surface area is 90.6 Å². The molecular formula is C10H21NO4. The van der Waals surface area contributed by atoms with Gasteiger partial charge in [0.15, 0.2) is 0 Å². The molecule has 5 heteroatoms. The molecule has 0 saturated carbocycles. The number of ether oxygens (including phenoxy) is 1. The zero-order chi connectivity index (χ0) is 11.8. The maximum Gasteiger partial charge on any atom is 0.304 e. The zero-order valence-electron chi connectivity index (χ0n) is 9.64. The third kappa shape index (κ3) is 7.30. The first kappa shape index (κ1) is 14.3. The van der Waals surface area contributed by atoms with E-state index in [4.69, 9.17) is 9.84 Å². The second-order valence-corrected chi connectivity index (χ2v) is 3.84. The van der Waals surface area contributed by atoms with Gasteiger partial charge in [0.05, 0.1) is 19.1 Å². The van der Waals surface area contributed by atoms with Crippen LogP contribution in [0.5, 0.6) is 0 Å². The predicted octanol–water partition coefficient (Wildman–Crippen LogP) is 0.179. The van der Waals surface area contributed by atoms with E-state index in [1.807, 2.05) is 18.7 Å². The van der Waals surface area contributed by atoms with Crippen LogP contribution in [-0.2, 0) is 9.53 Å². The fraction of sp³-hybridized carbons (Fsp3) is 0.900. The molecule has 0 aliphatic carbocycles. The van der Waals surface area contributed by atoms with E-state index in [1.165, 1.54) is 7.11 Å². The maximum absolute atomic E-state index is 10.4. The summed E-state index contributed by atoms with van der Waals surface area (Å²) in [6.45, 7) is 5.12. The monoisotopic (exact) mass is 219 g/mol. The van der Waals surface area contributed by atoms with Crippen molar-refractivity contribution >= 4 is 5.97 Å². The summed E-state index contributed by atoms with van der Waals surface area (Å²) >= 11 is 0. The predicted molar refractivity (Wildman–Crippen MR) is 56.8 cm³/mol. The Bertz CT molecular complexity index is 184. The summed E-state index contributed by atoms with van der Waals surface area (Å²) in [5.41, 5.74) is 0. The number of nitrogens with zero attached hydrogens (tertiary/aromatic N) is 1. The number of aliphatic hydroxyl groups is 1. The highest BCUT2D eigenvalue weighted by Crippen LogP contribution is 2.02. The van der Waals surface area contributed by atoms with Gasteiger partial charge in [-0.2, -0.15) is 0 Å². The number of methoxy groups -OCH3 is 1. The third-order valence-electron chi connectivity index (χ3n) is 2.15. The molecule has 0 saturated heterocycles. The molecule has 2 N–H and O–H groups in total. The molecule has 0 bridgehead atoms. The minimum atomic E-state index is -0.818. The fourth-order valence-electron chi connectivity index (χ4n) is 1.32. The molecule has 15 heavy (non-hydrogen) atoms. The van der Waals surface area contributed by atoms with Gasteiger partial charge in [-0.1, -0.05) is 0 Å². The Hall–Kier alpha value is -0.650. The van der Waals surface area contributed by atoms with Crippen LogP contribution in [0, 0.1) is 0 Å². The van der Waals surface area contributed by atoms with Gasteiger partial charge in [-0.05, 0) is 13.8 Å². The maximum atomic E-state index is 10.4. The van der Waals surface area contributed by atoms with Gasteiger partial charge in [-0.3, -0.25) is 9.69 Å². The van der Waals surface area contributed by atoms with Crippen molar-refractivity contribution in [1.82, 2.24) is 4.90 Å². The zero-order valence-corrected chi connectivity index (χ0v) is 9.64. The van der Waals surface area contributed by atoms with Crippen molar-refractivity contribution in [1.29, 1.82) is 0 Å². The van der Waals surface area contributed by atoms with Crippen molar-refractivity contribution < 1.29 is 19.7 Å². The highest BCUT2D eigenvalue weighted by molar-refractivity contribution is 5.66. The molecule has 0 spiro atoms. The van der Waals surface area contributed by atoms with E-state index in [1.54, 1.807) is 0 Å². The molecule has 0 radical (unpaired) electrons. The number of carbonyl (C=O) groups is 1. The standard InChI is InChI=1S/C10H21NO4/c1-8(2)11(5-4-10(13)14)6-9(12)7-15-3/h8-9,12H,4-7H2,1-3H3,(H,13,14). The highest BCUT2D eigenvalue weighted by Gasteiger charge is 2.15. The average molecular weight is 219 g/mol. The molecule has 0 aromatic heterocycles. The number of hydrogen-bond acceptors (Lipinski definition) is 4. The molecule has 1 unspecified atom stereocenters. The minimum Gasteiger partial charge on any atom is -0.481 e. The summed E-state index contributed by atoms with van der Waals surface area (Å²) in [5.74, 6) is -0.818. The third-order valence-corrected chi connectivity index (χ3v) is 2.15. The molecule has 90 valence electrons. The van der Waals surface area contributed by atoms with Crippen LogP contribution in [0.4, 0.5) is 0 Å². The Kier molecular flexibility index (Phi) is 7.29. The number of carboxylic acid groups (broad SMARTS) is 1. The van der Waals surface area contributed by atoms with Crippen molar-refractivity contribution in [2.24, 2.45) is 0 Å². The van der Waals surface area contributed by atoms with E-state index in [0.717, 1.165) is 0 Å². The molecule has 0 aliphatic heterocycles. The number of aliphatic hydroxyl groups excluding tert-OH is 1. The van der Waals surface area contributed by atoms with Crippen LogP contribution in [0.1, 0.15) is 20.3 Å². The SMILES string of the molecule is COCC(O)CN(CCC(=O)O)C(C)C. The fourth-order valence-corrected chi connectivity index (χ4v) is 1.32. The van der Waals surface area contributed by atoms with Gasteiger partial charge >= 0.3 is 5.97 Å². The quantitative estimate of drug-likeness (QED) is 0.609. The number of hydrogen-bond donors (Lipinski definition) is 2. The van der Waals surface area contributed by atoms with E-state index in [0.29, 0.717) is 13.1 Å². The van der Waals surface area contributed by atoms with Crippen molar-refractivity contribution in [2.45, 2.75) is 32.4 Å². The smallest absolute Gasteiger partial charge is 0.304 e. The minimum absolute atomic E-state index is 0.0951. The summed E-state index contributed by atoms with van der Waals surface area (Å²) in [7, 11) is 1.53. The van der Waals surface area contributed by atoms with Crippen LogP contribution in [0.15, 0.2) is 0 Å². The molecule has 1 atom stereocenters. The molecule has 0 fully saturated rings. The lowest BCUT2D eigenvalue weighted by molar-refractivity contribution is -0.137. The Morgan fingerprint density at radius 1 is 1.47 bits per heavy atom. The van der Waals surface area contributed by atoms with Crippen LogP contribution in [0.3, 0.4) is 0 Å². The number of carboxylic acids is 1. The number of rotatable bonds is 8. The first-order valence-electron chi connectivity index (χ1n) is 5.10. The average Bonchev–Trinajstić information content (AvgIpc) is 2.11. The lowest BCUT2D eigenvalue weighted by Gasteiger charge is -2.27. The van der Waals surface area contributed by atoms with Gasteiger partial charge in [0.1, 0.15) is 0 Å². The van der Waals surface area contributed by atoms with Crippen LogP contribution < -0.4 is 0 Å². The van der Waals surface area contributed by atoms with Crippen molar-refractivity contribution in [2.75, 3.05) is 26.8 Å². The van der Waals surface area contributed by atoms with Gasteiger partial charge in [0.25, 0.3) is 0 Å². The van der Waals surface area contributed by atoms with Gasteiger partial charge in [0.2, 0.25) is 0 Å². The van der Waals surface area contributed by atoms with Crippen LogP contribution in [0.2, 0.25) is 0 Å². The molecule has 0 aliphatic rings. The molecule has 0 amide bonds. The van der Waals surface area contributed by atoms with Crippen molar-refractivity contribution in [3.63, 3.8) is 0 Å². The molecule has 0 aromatic carbocycles. The summed E-state index contributed by atoms with van der Waals surface area (Å²) < 4.78 is 4.82. The molecule has 0 heterocycles. The van der Waals surface area contributed by atoms with E-state index >= 15 is 0 Å². The van der Waals surface area contributed by atoms with Crippen LogP contribution in [-0.4, -0.2) is 60.0 Å². The van der Waals surface area contributed by atoms with Crippen LogP contribution in [0.25, 0.3) is 0 Å². The van der Waals surface area contributed by atoms with Gasteiger partial charge in [0, 0.05) is 26.2 Å². The van der Waals surface area contributed by atoms with E-state index in [2.05, 4.69) is 0 Å². The van der Waals surface area contributed by atoms with E-state index < -0.39 is 12.1 Å². The molecule has 5 nitrogen and oxygen atoms in total. The molecular weight excluding hydrogens is 198 g/mol. The molecule has 0 aromatic rings. The highest BCUT2D eigenvalue weighted by atomic mass is 16.5.